The number of hydrogen-bond donors (Lipinski definition) is 1. The summed E-state index contributed by atoms with van der Waals surface area (Å²) < 4.78 is 0. The fraction of sp³-hybridized carbons (Fsp3) is 0.500. The summed E-state index contributed by atoms with van der Waals surface area (Å²) >= 11 is 11.7. The van der Waals surface area contributed by atoms with Crippen LogP contribution in [-0.2, 0) is 0 Å². The zero-order valence-electron chi connectivity index (χ0n) is 8.12. The van der Waals surface area contributed by atoms with Crippen molar-refractivity contribution >= 4 is 35.6 Å². The van der Waals surface area contributed by atoms with Crippen LogP contribution >= 0.6 is 35.6 Å². The lowest BCUT2D eigenvalue weighted by atomic mass is 10.0. The molecule has 1 aliphatic rings. The Labute approximate surface area is 106 Å². The van der Waals surface area contributed by atoms with Crippen LogP contribution in [0.25, 0.3) is 0 Å². The summed E-state index contributed by atoms with van der Waals surface area (Å²) in [5.41, 5.74) is 6.92. The minimum atomic E-state index is -0.000216. The zero-order valence-corrected chi connectivity index (χ0v) is 10.4. The van der Waals surface area contributed by atoms with Gasteiger partial charge in [-0.25, -0.2) is 4.98 Å². The second kappa shape index (κ2) is 5.35. The van der Waals surface area contributed by atoms with Crippen LogP contribution in [0.2, 0.25) is 10.3 Å². The standard InChI is InChI=1S/C10H12Cl2N2.ClH/c11-9-4-3-7(10(12)14-9)8(13)5-6-1-2-6;/h3-4,6,8H,1-2,5,13H2;1H/t8-;/m0./s1. The summed E-state index contributed by atoms with van der Waals surface area (Å²) in [5.74, 6) is 0.789. The van der Waals surface area contributed by atoms with E-state index in [-0.39, 0.29) is 18.4 Å². The Bertz CT molecular complexity index is 339. The van der Waals surface area contributed by atoms with Gasteiger partial charge in [-0.15, -0.1) is 12.4 Å². The van der Waals surface area contributed by atoms with Crippen LogP contribution in [0.4, 0.5) is 0 Å². The Balaban J connectivity index is 0.00000112. The number of pyridine rings is 1. The van der Waals surface area contributed by atoms with Gasteiger partial charge in [-0.05, 0) is 18.4 Å². The van der Waals surface area contributed by atoms with Gasteiger partial charge in [0.1, 0.15) is 10.3 Å². The molecule has 0 amide bonds. The highest BCUT2D eigenvalue weighted by Crippen LogP contribution is 2.37. The molecule has 1 aromatic rings. The molecule has 0 unspecified atom stereocenters. The SMILES string of the molecule is Cl.N[C@@H](CC1CC1)c1ccc(Cl)nc1Cl. The van der Waals surface area contributed by atoms with Gasteiger partial charge in [0, 0.05) is 11.6 Å². The molecule has 0 spiro atoms. The zero-order chi connectivity index (χ0) is 10.1. The Morgan fingerprint density at radius 2 is 2.07 bits per heavy atom. The van der Waals surface area contributed by atoms with Crippen LogP contribution in [0.15, 0.2) is 12.1 Å². The fourth-order valence-electron chi connectivity index (χ4n) is 1.54. The van der Waals surface area contributed by atoms with E-state index in [0.717, 1.165) is 17.9 Å². The van der Waals surface area contributed by atoms with E-state index in [0.29, 0.717) is 10.3 Å². The summed E-state index contributed by atoms with van der Waals surface area (Å²) in [6.07, 6.45) is 3.60. The number of halogens is 3. The second-order valence-electron chi connectivity index (χ2n) is 3.80. The summed E-state index contributed by atoms with van der Waals surface area (Å²) in [7, 11) is 0. The Morgan fingerprint density at radius 3 is 2.60 bits per heavy atom. The first-order valence-electron chi connectivity index (χ1n) is 4.74. The van der Waals surface area contributed by atoms with Crippen LogP contribution < -0.4 is 5.73 Å². The maximum atomic E-state index is 6.02. The molecule has 1 fully saturated rings. The second-order valence-corrected chi connectivity index (χ2v) is 4.54. The Hall–Kier alpha value is -0.0200. The Morgan fingerprint density at radius 1 is 1.40 bits per heavy atom. The maximum Gasteiger partial charge on any atom is 0.135 e. The smallest absolute Gasteiger partial charge is 0.135 e. The average Bonchev–Trinajstić information content (AvgIpc) is 2.87. The van der Waals surface area contributed by atoms with E-state index in [1.165, 1.54) is 12.8 Å². The first-order valence-corrected chi connectivity index (χ1v) is 5.50. The molecule has 1 atom stereocenters. The first kappa shape index (κ1) is 13.0. The molecular formula is C10H13Cl3N2. The number of hydrogen-bond acceptors (Lipinski definition) is 2. The molecule has 1 aliphatic carbocycles. The number of aromatic nitrogens is 1. The molecule has 0 aliphatic heterocycles. The van der Waals surface area contributed by atoms with Gasteiger partial charge >= 0.3 is 0 Å². The molecule has 15 heavy (non-hydrogen) atoms. The number of rotatable bonds is 3. The van der Waals surface area contributed by atoms with E-state index in [1.807, 2.05) is 6.07 Å². The third-order valence-corrected chi connectivity index (χ3v) is 3.04. The van der Waals surface area contributed by atoms with Crippen LogP contribution in [0.3, 0.4) is 0 Å². The highest BCUT2D eigenvalue weighted by atomic mass is 35.5. The van der Waals surface area contributed by atoms with Crippen molar-refractivity contribution in [2.75, 3.05) is 0 Å². The van der Waals surface area contributed by atoms with Gasteiger partial charge in [0.2, 0.25) is 0 Å². The quantitative estimate of drug-likeness (QED) is 0.850. The molecule has 0 radical (unpaired) electrons. The van der Waals surface area contributed by atoms with Crippen molar-refractivity contribution in [3.63, 3.8) is 0 Å². The van der Waals surface area contributed by atoms with Crippen molar-refractivity contribution in [3.8, 4) is 0 Å². The molecule has 0 saturated heterocycles. The largest absolute Gasteiger partial charge is 0.324 e. The van der Waals surface area contributed by atoms with E-state index in [9.17, 15) is 0 Å². The number of nitrogens with zero attached hydrogens (tertiary/aromatic N) is 1. The molecule has 1 saturated carbocycles. The van der Waals surface area contributed by atoms with Crippen LogP contribution in [-0.4, -0.2) is 4.98 Å². The topological polar surface area (TPSA) is 38.9 Å². The molecule has 5 heteroatoms. The van der Waals surface area contributed by atoms with Crippen molar-refractivity contribution in [2.24, 2.45) is 11.7 Å². The molecule has 1 aromatic heterocycles. The molecule has 0 aromatic carbocycles. The van der Waals surface area contributed by atoms with Crippen molar-refractivity contribution in [3.05, 3.63) is 28.0 Å². The molecular weight excluding hydrogens is 254 g/mol. The Kier molecular flexibility index (Phi) is 4.65. The molecule has 2 rings (SSSR count). The summed E-state index contributed by atoms with van der Waals surface area (Å²) in [4.78, 5) is 3.97. The minimum Gasteiger partial charge on any atom is -0.324 e. The van der Waals surface area contributed by atoms with E-state index in [4.69, 9.17) is 28.9 Å². The van der Waals surface area contributed by atoms with E-state index < -0.39 is 0 Å². The monoisotopic (exact) mass is 266 g/mol. The highest BCUT2D eigenvalue weighted by molar-refractivity contribution is 6.32. The van der Waals surface area contributed by atoms with Gasteiger partial charge in [0.15, 0.2) is 0 Å². The highest BCUT2D eigenvalue weighted by Gasteiger charge is 2.25. The molecule has 2 nitrogen and oxygen atoms in total. The lowest BCUT2D eigenvalue weighted by Gasteiger charge is -2.12. The minimum absolute atomic E-state index is 0. The molecule has 84 valence electrons. The summed E-state index contributed by atoms with van der Waals surface area (Å²) in [5, 5.41) is 0.850. The van der Waals surface area contributed by atoms with Gasteiger partial charge in [-0.2, -0.15) is 0 Å². The lowest BCUT2D eigenvalue weighted by Crippen LogP contribution is -2.12. The van der Waals surface area contributed by atoms with E-state index in [1.54, 1.807) is 6.07 Å². The normalized spacial score (nSPS) is 17.0. The van der Waals surface area contributed by atoms with Gasteiger partial charge in [0.25, 0.3) is 0 Å². The number of nitrogens with two attached hydrogens (primary N) is 1. The summed E-state index contributed by atoms with van der Waals surface area (Å²) in [6.45, 7) is 0. The molecule has 2 N–H and O–H groups in total. The van der Waals surface area contributed by atoms with Crippen molar-refractivity contribution in [1.82, 2.24) is 4.98 Å². The van der Waals surface area contributed by atoms with Gasteiger partial charge in [-0.3, -0.25) is 0 Å². The van der Waals surface area contributed by atoms with Crippen LogP contribution in [0.1, 0.15) is 30.9 Å². The van der Waals surface area contributed by atoms with Gasteiger partial charge in [0.05, 0.1) is 0 Å². The summed E-state index contributed by atoms with van der Waals surface area (Å²) in [6, 6.07) is 3.60. The van der Waals surface area contributed by atoms with Crippen molar-refractivity contribution < 1.29 is 0 Å². The van der Waals surface area contributed by atoms with Gasteiger partial charge < -0.3 is 5.73 Å². The third-order valence-electron chi connectivity index (χ3n) is 2.53. The van der Waals surface area contributed by atoms with Crippen LogP contribution in [0, 0.1) is 5.92 Å². The predicted octanol–water partition coefficient (Wildman–Crippen LogP) is 3.61. The fourth-order valence-corrected chi connectivity index (χ4v) is 2.02. The first-order chi connectivity index (χ1) is 6.66. The molecule has 0 bridgehead atoms. The molecule has 1 heterocycles. The van der Waals surface area contributed by atoms with E-state index >= 15 is 0 Å². The third kappa shape index (κ3) is 3.49. The lowest BCUT2D eigenvalue weighted by molar-refractivity contribution is 0.595. The predicted molar refractivity (Wildman–Crippen MR) is 65.8 cm³/mol. The van der Waals surface area contributed by atoms with Crippen molar-refractivity contribution in [2.45, 2.75) is 25.3 Å². The van der Waals surface area contributed by atoms with Gasteiger partial charge in [-0.1, -0.05) is 42.1 Å². The van der Waals surface area contributed by atoms with E-state index in [2.05, 4.69) is 4.98 Å². The van der Waals surface area contributed by atoms with Crippen molar-refractivity contribution in [1.29, 1.82) is 0 Å². The maximum absolute atomic E-state index is 6.02. The van der Waals surface area contributed by atoms with Crippen LogP contribution in [0.5, 0.6) is 0 Å². The average molecular weight is 268 g/mol.